The third-order valence-corrected chi connectivity index (χ3v) is 5.27. The summed E-state index contributed by atoms with van der Waals surface area (Å²) in [7, 11) is 1.81. The van der Waals surface area contributed by atoms with Crippen LogP contribution in [0.1, 0.15) is 32.8 Å². The zero-order valence-electron chi connectivity index (χ0n) is 15.9. The van der Waals surface area contributed by atoms with E-state index in [9.17, 15) is 9.59 Å². The summed E-state index contributed by atoms with van der Waals surface area (Å²) >= 11 is 1.59. The van der Waals surface area contributed by atoms with Gasteiger partial charge < -0.3 is 16.4 Å². The highest BCUT2D eigenvalue weighted by Crippen LogP contribution is 2.25. The van der Waals surface area contributed by atoms with Crippen LogP contribution in [0.25, 0.3) is 10.6 Å². The third kappa shape index (κ3) is 4.29. The second kappa shape index (κ2) is 8.81. The van der Waals surface area contributed by atoms with Gasteiger partial charge in [-0.05, 0) is 55.1 Å². The maximum Gasteiger partial charge on any atom is 0.276 e. The molecule has 0 unspecified atom stereocenters. The summed E-state index contributed by atoms with van der Waals surface area (Å²) < 4.78 is 1.69. The van der Waals surface area contributed by atoms with Crippen molar-refractivity contribution >= 4 is 28.8 Å². The molecule has 1 aromatic carbocycles. The topological polar surface area (TPSA) is 102 Å². The van der Waals surface area contributed by atoms with Gasteiger partial charge >= 0.3 is 0 Å². The number of nitrogens with zero attached hydrogens (tertiary/aromatic N) is 2. The molecule has 0 aliphatic heterocycles. The van der Waals surface area contributed by atoms with Crippen LogP contribution in [0, 0.1) is 6.92 Å². The highest BCUT2D eigenvalue weighted by atomic mass is 32.1. The van der Waals surface area contributed by atoms with Crippen molar-refractivity contribution < 1.29 is 9.59 Å². The monoisotopic (exact) mass is 397 g/mol. The Morgan fingerprint density at radius 3 is 2.75 bits per heavy atom. The highest BCUT2D eigenvalue weighted by molar-refractivity contribution is 7.13. The Hall–Kier alpha value is -2.97. The van der Waals surface area contributed by atoms with Crippen molar-refractivity contribution in [2.24, 2.45) is 12.8 Å². The van der Waals surface area contributed by atoms with Gasteiger partial charge in [-0.15, -0.1) is 11.3 Å². The second-order valence-corrected chi connectivity index (χ2v) is 7.29. The van der Waals surface area contributed by atoms with Gasteiger partial charge in [0.2, 0.25) is 0 Å². The van der Waals surface area contributed by atoms with E-state index in [4.69, 9.17) is 5.73 Å². The molecule has 28 heavy (non-hydrogen) atoms. The molecule has 3 aromatic rings. The molecule has 0 spiro atoms. The fraction of sp³-hybridized carbons (Fsp3) is 0.250. The molecule has 0 radical (unpaired) electrons. The van der Waals surface area contributed by atoms with Gasteiger partial charge in [-0.3, -0.25) is 14.3 Å². The Kier molecular flexibility index (Phi) is 6.23. The predicted octanol–water partition coefficient (Wildman–Crippen LogP) is 2.79. The van der Waals surface area contributed by atoms with Crippen LogP contribution in [0.3, 0.4) is 0 Å². The maximum absolute atomic E-state index is 12.7. The van der Waals surface area contributed by atoms with Crippen molar-refractivity contribution in [2.45, 2.75) is 13.3 Å². The molecule has 0 saturated heterocycles. The molecule has 0 fully saturated rings. The van der Waals surface area contributed by atoms with E-state index in [1.807, 2.05) is 31.5 Å². The molecular weight excluding hydrogens is 374 g/mol. The Morgan fingerprint density at radius 2 is 2.04 bits per heavy atom. The maximum atomic E-state index is 12.7. The van der Waals surface area contributed by atoms with Crippen molar-refractivity contribution in [1.82, 2.24) is 15.1 Å². The van der Waals surface area contributed by atoms with Gasteiger partial charge in [0.1, 0.15) is 0 Å². The van der Waals surface area contributed by atoms with Gasteiger partial charge in [-0.1, -0.05) is 12.1 Å². The van der Waals surface area contributed by atoms with Gasteiger partial charge in [0.25, 0.3) is 11.8 Å². The SMILES string of the molecule is Cc1c(NC(=O)c2cc(-c3cccs3)n(C)n2)cccc1C(=O)NCCCN. The minimum Gasteiger partial charge on any atom is -0.352 e. The quantitative estimate of drug-likeness (QED) is 0.534. The molecule has 0 atom stereocenters. The number of aromatic nitrogens is 2. The molecule has 0 bridgehead atoms. The van der Waals surface area contributed by atoms with Crippen molar-refractivity contribution in [3.63, 3.8) is 0 Å². The summed E-state index contributed by atoms with van der Waals surface area (Å²) in [6.07, 6.45) is 0.716. The van der Waals surface area contributed by atoms with E-state index in [0.29, 0.717) is 42.0 Å². The van der Waals surface area contributed by atoms with Crippen molar-refractivity contribution in [3.8, 4) is 10.6 Å². The van der Waals surface area contributed by atoms with Crippen LogP contribution in [-0.2, 0) is 7.05 Å². The van der Waals surface area contributed by atoms with Crippen LogP contribution in [0.2, 0.25) is 0 Å². The number of carbonyl (C=O) groups is 2. The number of amides is 2. The molecule has 2 heterocycles. The van der Waals surface area contributed by atoms with E-state index in [1.165, 1.54) is 0 Å². The van der Waals surface area contributed by atoms with Gasteiger partial charge in [-0.2, -0.15) is 5.10 Å². The van der Waals surface area contributed by atoms with Gasteiger partial charge in [0, 0.05) is 24.8 Å². The summed E-state index contributed by atoms with van der Waals surface area (Å²) in [6.45, 7) is 2.85. The molecule has 0 saturated carbocycles. The molecule has 8 heteroatoms. The predicted molar refractivity (Wildman–Crippen MR) is 112 cm³/mol. The minimum absolute atomic E-state index is 0.181. The van der Waals surface area contributed by atoms with Crippen molar-refractivity contribution in [2.75, 3.05) is 18.4 Å². The molecule has 2 amide bonds. The molecule has 7 nitrogen and oxygen atoms in total. The fourth-order valence-corrected chi connectivity index (χ4v) is 3.61. The Morgan fingerprint density at radius 1 is 1.21 bits per heavy atom. The lowest BCUT2D eigenvalue weighted by molar-refractivity contribution is 0.0951. The summed E-state index contributed by atoms with van der Waals surface area (Å²) in [4.78, 5) is 26.1. The lowest BCUT2D eigenvalue weighted by Crippen LogP contribution is -2.27. The summed E-state index contributed by atoms with van der Waals surface area (Å²) in [5.41, 5.74) is 8.47. The number of nitrogens with one attached hydrogen (secondary N) is 2. The normalized spacial score (nSPS) is 10.7. The average molecular weight is 398 g/mol. The van der Waals surface area contributed by atoms with Gasteiger partial charge in [0.05, 0.1) is 10.6 Å². The molecule has 4 N–H and O–H groups in total. The molecule has 0 aliphatic rings. The van der Waals surface area contributed by atoms with Crippen LogP contribution < -0.4 is 16.4 Å². The number of hydrogen-bond donors (Lipinski definition) is 3. The zero-order chi connectivity index (χ0) is 20.1. The van der Waals surface area contributed by atoms with E-state index >= 15 is 0 Å². The smallest absolute Gasteiger partial charge is 0.276 e. The van der Waals surface area contributed by atoms with Crippen molar-refractivity contribution in [3.05, 3.63) is 58.6 Å². The molecule has 3 rings (SSSR count). The van der Waals surface area contributed by atoms with Crippen LogP contribution >= 0.6 is 11.3 Å². The molecule has 2 aromatic heterocycles. The number of hydrogen-bond acceptors (Lipinski definition) is 5. The minimum atomic E-state index is -0.317. The highest BCUT2D eigenvalue weighted by Gasteiger charge is 2.17. The first-order valence-electron chi connectivity index (χ1n) is 8.98. The summed E-state index contributed by atoms with van der Waals surface area (Å²) in [5, 5.41) is 12.0. The number of thiophene rings is 1. The van der Waals surface area contributed by atoms with Crippen LogP contribution in [0.15, 0.2) is 41.8 Å². The lowest BCUT2D eigenvalue weighted by atomic mass is 10.1. The number of rotatable bonds is 7. The van der Waals surface area contributed by atoms with Crippen LogP contribution in [-0.4, -0.2) is 34.7 Å². The van der Waals surface area contributed by atoms with E-state index < -0.39 is 0 Å². The number of nitrogens with two attached hydrogens (primary N) is 1. The number of carbonyl (C=O) groups excluding carboxylic acids is 2. The first kappa shape index (κ1) is 19.8. The fourth-order valence-electron chi connectivity index (χ4n) is 2.84. The first-order chi connectivity index (χ1) is 13.5. The lowest BCUT2D eigenvalue weighted by Gasteiger charge is -2.12. The van der Waals surface area contributed by atoms with Gasteiger partial charge in [0.15, 0.2) is 5.69 Å². The van der Waals surface area contributed by atoms with Crippen molar-refractivity contribution in [1.29, 1.82) is 0 Å². The Balaban J connectivity index is 1.77. The van der Waals surface area contributed by atoms with E-state index in [2.05, 4.69) is 15.7 Å². The van der Waals surface area contributed by atoms with Crippen LogP contribution in [0.5, 0.6) is 0 Å². The van der Waals surface area contributed by atoms with Crippen LogP contribution in [0.4, 0.5) is 5.69 Å². The number of aryl methyl sites for hydroxylation is 1. The summed E-state index contributed by atoms with van der Waals surface area (Å²) in [5.74, 6) is -0.498. The zero-order valence-corrected chi connectivity index (χ0v) is 16.7. The number of anilines is 1. The average Bonchev–Trinajstić information content (AvgIpc) is 3.33. The molecular formula is C20H23N5O2S. The first-order valence-corrected chi connectivity index (χ1v) is 9.86. The van der Waals surface area contributed by atoms with E-state index in [-0.39, 0.29) is 11.8 Å². The summed E-state index contributed by atoms with van der Waals surface area (Å²) in [6, 6.07) is 11.0. The molecule has 146 valence electrons. The third-order valence-electron chi connectivity index (χ3n) is 4.38. The van der Waals surface area contributed by atoms with E-state index in [0.717, 1.165) is 10.6 Å². The number of benzene rings is 1. The second-order valence-electron chi connectivity index (χ2n) is 6.35. The largest absolute Gasteiger partial charge is 0.352 e. The Bertz CT molecular complexity index is 979. The van der Waals surface area contributed by atoms with Gasteiger partial charge in [-0.25, -0.2) is 0 Å². The standard InChI is InChI=1S/C20H23N5O2S/c1-13-14(19(26)22-10-5-9-21)6-3-7-15(13)23-20(27)16-12-17(25(2)24-16)18-8-4-11-28-18/h3-4,6-8,11-12H,5,9-10,21H2,1-2H3,(H,22,26)(H,23,27). The Labute approximate surface area is 167 Å². The van der Waals surface area contributed by atoms with E-state index in [1.54, 1.807) is 40.3 Å². The molecule has 0 aliphatic carbocycles.